The summed E-state index contributed by atoms with van der Waals surface area (Å²) in [6.07, 6.45) is 6.11. The van der Waals surface area contributed by atoms with E-state index in [1.54, 1.807) is 18.2 Å². The molecule has 0 radical (unpaired) electrons. The van der Waals surface area contributed by atoms with Gasteiger partial charge >= 0.3 is 0 Å². The molecule has 2 heteroatoms. The van der Waals surface area contributed by atoms with Gasteiger partial charge < -0.3 is 10.1 Å². The second-order valence-electron chi connectivity index (χ2n) is 5.54. The number of rotatable bonds is 8. The van der Waals surface area contributed by atoms with Crippen molar-refractivity contribution in [3.8, 4) is 0 Å². The van der Waals surface area contributed by atoms with Crippen molar-refractivity contribution in [2.45, 2.75) is 51.0 Å². The highest BCUT2D eigenvalue weighted by molar-refractivity contribution is 5.36. The van der Waals surface area contributed by atoms with Crippen molar-refractivity contribution < 1.29 is 4.74 Å². The molecule has 0 fully saturated rings. The molecule has 2 rings (SSSR count). The number of nitrogens with one attached hydrogen (secondary N) is 1. The molecule has 2 unspecified atom stereocenters. The van der Waals surface area contributed by atoms with Gasteiger partial charge in [-0.15, -0.1) is 0 Å². The van der Waals surface area contributed by atoms with Crippen LogP contribution in [0.4, 0.5) is 0 Å². The molecule has 0 saturated carbocycles. The fraction of sp³-hybridized carbons (Fsp3) is 0.647. The average molecular weight is 261 g/mol. The minimum atomic E-state index is 0.610. The zero-order valence-electron chi connectivity index (χ0n) is 12.3. The highest BCUT2D eigenvalue weighted by Gasteiger charge is 2.28. The summed E-state index contributed by atoms with van der Waals surface area (Å²) in [5.74, 6) is 0.694. The van der Waals surface area contributed by atoms with Crippen molar-refractivity contribution >= 4 is 0 Å². The monoisotopic (exact) mass is 261 g/mol. The zero-order chi connectivity index (χ0) is 13.5. The molecule has 0 saturated heterocycles. The Morgan fingerprint density at radius 1 is 1.37 bits per heavy atom. The lowest BCUT2D eigenvalue weighted by Gasteiger charge is -2.26. The highest BCUT2D eigenvalue weighted by Crippen LogP contribution is 2.36. The van der Waals surface area contributed by atoms with Crippen molar-refractivity contribution in [3.05, 3.63) is 35.4 Å². The Balaban J connectivity index is 2.01. The van der Waals surface area contributed by atoms with Crippen LogP contribution in [-0.2, 0) is 11.2 Å². The van der Waals surface area contributed by atoms with Crippen LogP contribution in [-0.4, -0.2) is 26.3 Å². The van der Waals surface area contributed by atoms with E-state index < -0.39 is 0 Å². The molecule has 1 aromatic carbocycles. The molecule has 2 atom stereocenters. The van der Waals surface area contributed by atoms with Gasteiger partial charge in [0.25, 0.3) is 0 Å². The Bertz CT molecular complexity index is 377. The Labute approximate surface area is 117 Å². The molecule has 0 spiro atoms. The number of hydrogen-bond acceptors (Lipinski definition) is 2. The Kier molecular flexibility index (Phi) is 5.87. The van der Waals surface area contributed by atoms with E-state index in [1.807, 2.05) is 0 Å². The van der Waals surface area contributed by atoms with E-state index in [2.05, 4.69) is 36.5 Å². The summed E-state index contributed by atoms with van der Waals surface area (Å²) in [4.78, 5) is 0. The number of benzene rings is 1. The third-order valence-corrected chi connectivity index (χ3v) is 4.19. The first-order chi connectivity index (χ1) is 9.36. The van der Waals surface area contributed by atoms with Crippen LogP contribution < -0.4 is 5.32 Å². The van der Waals surface area contributed by atoms with Crippen LogP contribution in [0.25, 0.3) is 0 Å². The third kappa shape index (κ3) is 3.80. The summed E-state index contributed by atoms with van der Waals surface area (Å²) in [7, 11) is 1.79. The summed E-state index contributed by atoms with van der Waals surface area (Å²) in [6.45, 7) is 4.23. The van der Waals surface area contributed by atoms with Crippen molar-refractivity contribution in [3.63, 3.8) is 0 Å². The molecular weight excluding hydrogens is 234 g/mol. The van der Waals surface area contributed by atoms with Gasteiger partial charge in [-0.3, -0.25) is 0 Å². The minimum absolute atomic E-state index is 0.610. The van der Waals surface area contributed by atoms with E-state index in [4.69, 9.17) is 4.74 Å². The van der Waals surface area contributed by atoms with E-state index in [9.17, 15) is 0 Å². The zero-order valence-corrected chi connectivity index (χ0v) is 12.3. The standard InChI is InChI=1S/C17H27NO/c1-3-12-18-17(9-6-13-19-2)16-11-10-14-7-4-5-8-15(14)16/h4-5,7-8,16-18H,3,6,9-13H2,1-2H3. The molecule has 0 aliphatic heterocycles. The van der Waals surface area contributed by atoms with Crippen LogP contribution in [0.1, 0.15) is 49.7 Å². The summed E-state index contributed by atoms with van der Waals surface area (Å²) in [5, 5.41) is 3.76. The maximum Gasteiger partial charge on any atom is 0.0462 e. The minimum Gasteiger partial charge on any atom is -0.385 e. The first-order valence-electron chi connectivity index (χ1n) is 7.67. The van der Waals surface area contributed by atoms with Crippen molar-refractivity contribution in [1.29, 1.82) is 0 Å². The fourth-order valence-electron chi connectivity index (χ4n) is 3.23. The SMILES string of the molecule is CCCNC(CCCOC)C1CCc2ccccc21. The second kappa shape index (κ2) is 7.66. The number of methoxy groups -OCH3 is 1. The normalized spacial score (nSPS) is 19.4. The van der Waals surface area contributed by atoms with Gasteiger partial charge in [-0.2, -0.15) is 0 Å². The smallest absolute Gasteiger partial charge is 0.0462 e. The van der Waals surface area contributed by atoms with Gasteiger partial charge in [-0.05, 0) is 55.7 Å². The molecule has 106 valence electrons. The van der Waals surface area contributed by atoms with Crippen LogP contribution in [0.2, 0.25) is 0 Å². The lowest BCUT2D eigenvalue weighted by atomic mass is 9.90. The number of fused-ring (bicyclic) bond motifs is 1. The first kappa shape index (κ1) is 14.5. The van der Waals surface area contributed by atoms with Gasteiger partial charge in [0.15, 0.2) is 0 Å². The molecular formula is C17H27NO. The molecule has 0 amide bonds. The van der Waals surface area contributed by atoms with Gasteiger partial charge in [0.2, 0.25) is 0 Å². The molecule has 1 aliphatic rings. The average Bonchev–Trinajstić information content (AvgIpc) is 2.87. The van der Waals surface area contributed by atoms with Gasteiger partial charge in [0.1, 0.15) is 0 Å². The van der Waals surface area contributed by atoms with Crippen molar-refractivity contribution in [2.24, 2.45) is 0 Å². The predicted molar refractivity (Wildman–Crippen MR) is 80.7 cm³/mol. The van der Waals surface area contributed by atoms with E-state index in [1.165, 1.54) is 25.7 Å². The van der Waals surface area contributed by atoms with Crippen LogP contribution in [0.3, 0.4) is 0 Å². The third-order valence-electron chi connectivity index (χ3n) is 4.19. The van der Waals surface area contributed by atoms with Crippen molar-refractivity contribution in [2.75, 3.05) is 20.3 Å². The molecule has 0 aromatic heterocycles. The number of hydrogen-bond donors (Lipinski definition) is 1. The highest BCUT2D eigenvalue weighted by atomic mass is 16.5. The van der Waals surface area contributed by atoms with Crippen LogP contribution in [0.15, 0.2) is 24.3 Å². The number of aryl methyl sites for hydroxylation is 1. The van der Waals surface area contributed by atoms with E-state index in [0.29, 0.717) is 12.0 Å². The maximum atomic E-state index is 5.20. The number of ether oxygens (including phenoxy) is 1. The first-order valence-corrected chi connectivity index (χ1v) is 7.67. The van der Waals surface area contributed by atoms with Gasteiger partial charge in [0.05, 0.1) is 0 Å². The largest absolute Gasteiger partial charge is 0.385 e. The summed E-state index contributed by atoms with van der Waals surface area (Å²) in [5.41, 5.74) is 3.14. The molecule has 1 aromatic rings. The molecule has 0 heterocycles. The summed E-state index contributed by atoms with van der Waals surface area (Å²) < 4.78 is 5.20. The Morgan fingerprint density at radius 2 is 2.21 bits per heavy atom. The lowest BCUT2D eigenvalue weighted by Crippen LogP contribution is -2.35. The lowest BCUT2D eigenvalue weighted by molar-refractivity contribution is 0.186. The van der Waals surface area contributed by atoms with Gasteiger partial charge in [-0.25, -0.2) is 0 Å². The predicted octanol–water partition coefficient (Wildman–Crippen LogP) is 3.51. The molecule has 2 nitrogen and oxygen atoms in total. The molecule has 1 N–H and O–H groups in total. The quantitative estimate of drug-likeness (QED) is 0.723. The van der Waals surface area contributed by atoms with E-state index >= 15 is 0 Å². The molecule has 0 bridgehead atoms. The fourth-order valence-corrected chi connectivity index (χ4v) is 3.23. The molecule has 1 aliphatic carbocycles. The van der Waals surface area contributed by atoms with E-state index in [0.717, 1.165) is 19.6 Å². The van der Waals surface area contributed by atoms with Crippen LogP contribution in [0, 0.1) is 0 Å². The van der Waals surface area contributed by atoms with Crippen molar-refractivity contribution in [1.82, 2.24) is 5.32 Å². The molecule has 19 heavy (non-hydrogen) atoms. The Morgan fingerprint density at radius 3 is 3.00 bits per heavy atom. The summed E-state index contributed by atoms with van der Waals surface area (Å²) in [6, 6.07) is 9.58. The van der Waals surface area contributed by atoms with Gasteiger partial charge in [0, 0.05) is 19.8 Å². The van der Waals surface area contributed by atoms with E-state index in [-0.39, 0.29) is 0 Å². The maximum absolute atomic E-state index is 5.20. The topological polar surface area (TPSA) is 21.3 Å². The summed E-state index contributed by atoms with van der Waals surface area (Å²) >= 11 is 0. The second-order valence-corrected chi connectivity index (χ2v) is 5.54. The van der Waals surface area contributed by atoms with Crippen LogP contribution >= 0.6 is 0 Å². The van der Waals surface area contributed by atoms with Gasteiger partial charge in [-0.1, -0.05) is 31.2 Å². The van der Waals surface area contributed by atoms with Crippen LogP contribution in [0.5, 0.6) is 0 Å². The Hall–Kier alpha value is -0.860.